The van der Waals surface area contributed by atoms with Gasteiger partial charge in [-0.25, -0.2) is 4.98 Å². The summed E-state index contributed by atoms with van der Waals surface area (Å²) in [6.07, 6.45) is 4.46. The monoisotopic (exact) mass is 347 g/mol. The Labute approximate surface area is 149 Å². The van der Waals surface area contributed by atoms with Gasteiger partial charge in [-0.2, -0.15) is 0 Å². The Hall–Kier alpha value is -1.86. The van der Waals surface area contributed by atoms with Gasteiger partial charge in [0.05, 0.1) is 0 Å². The lowest BCUT2D eigenvalue weighted by atomic mass is 10.1. The van der Waals surface area contributed by atoms with Crippen LogP contribution in [0.1, 0.15) is 38.3 Å². The molecular formula is C18H29N5O2. The maximum atomic E-state index is 7.72. The Morgan fingerprint density at radius 2 is 2.12 bits per heavy atom. The summed E-state index contributed by atoms with van der Waals surface area (Å²) < 4.78 is 12.2. The first-order valence-corrected chi connectivity index (χ1v) is 9.13. The summed E-state index contributed by atoms with van der Waals surface area (Å²) in [7, 11) is 2.13. The van der Waals surface area contributed by atoms with Gasteiger partial charge in [0.15, 0.2) is 0 Å². The minimum Gasteiger partial charge on any atom is -0.490 e. The Kier molecular flexibility index (Phi) is 5.75. The molecule has 3 rings (SSSR count). The molecule has 2 saturated heterocycles. The number of nitrogens with one attached hydrogen (secondary N) is 2. The lowest BCUT2D eigenvalue weighted by molar-refractivity contribution is 0.115. The predicted molar refractivity (Wildman–Crippen MR) is 97.5 cm³/mol. The van der Waals surface area contributed by atoms with Gasteiger partial charge in [-0.1, -0.05) is 0 Å². The summed E-state index contributed by atoms with van der Waals surface area (Å²) in [6.45, 7) is 5.10. The molecule has 3 heterocycles. The molecule has 1 aromatic heterocycles. The third-order valence-corrected chi connectivity index (χ3v) is 5.07. The van der Waals surface area contributed by atoms with E-state index in [2.05, 4.69) is 29.2 Å². The molecule has 0 radical (unpaired) electrons. The Morgan fingerprint density at radius 1 is 1.36 bits per heavy atom. The molecule has 0 bridgehead atoms. The van der Waals surface area contributed by atoms with E-state index in [1.54, 1.807) is 6.07 Å². The summed E-state index contributed by atoms with van der Waals surface area (Å²) >= 11 is 0. The average Bonchev–Trinajstić information content (AvgIpc) is 3.01. The SMILES string of the molecule is C[C@H](Oc1cc(OC2CCNCC2)cc(C(=N)N)n1)[C@@H]1CCCN1C. The molecule has 0 amide bonds. The second kappa shape index (κ2) is 8.01. The lowest BCUT2D eigenvalue weighted by Crippen LogP contribution is -2.38. The molecule has 0 aliphatic carbocycles. The number of likely N-dealkylation sites (N-methyl/N-ethyl adjacent to an activating group) is 1. The molecule has 25 heavy (non-hydrogen) atoms. The van der Waals surface area contributed by atoms with E-state index in [4.69, 9.17) is 20.6 Å². The first-order chi connectivity index (χ1) is 12.0. The fourth-order valence-electron chi connectivity index (χ4n) is 3.65. The number of nitrogens with zero attached hydrogens (tertiary/aromatic N) is 2. The van der Waals surface area contributed by atoms with Crippen molar-refractivity contribution in [1.82, 2.24) is 15.2 Å². The summed E-state index contributed by atoms with van der Waals surface area (Å²) in [5.74, 6) is 1.07. The van der Waals surface area contributed by atoms with Crippen molar-refractivity contribution >= 4 is 5.84 Å². The van der Waals surface area contributed by atoms with E-state index in [0.29, 0.717) is 23.4 Å². The van der Waals surface area contributed by atoms with Crippen LogP contribution in [0.15, 0.2) is 12.1 Å². The van der Waals surface area contributed by atoms with Gasteiger partial charge in [-0.3, -0.25) is 10.3 Å². The van der Waals surface area contributed by atoms with Crippen molar-refractivity contribution in [2.24, 2.45) is 5.73 Å². The number of hydrogen-bond acceptors (Lipinski definition) is 6. The van der Waals surface area contributed by atoms with Gasteiger partial charge in [-0.15, -0.1) is 0 Å². The van der Waals surface area contributed by atoms with Crippen molar-refractivity contribution in [3.63, 3.8) is 0 Å². The fraction of sp³-hybridized carbons (Fsp3) is 0.667. The maximum Gasteiger partial charge on any atom is 0.217 e. The largest absolute Gasteiger partial charge is 0.490 e. The van der Waals surface area contributed by atoms with E-state index in [9.17, 15) is 0 Å². The molecule has 0 saturated carbocycles. The molecule has 0 aromatic carbocycles. The molecule has 2 aliphatic rings. The minimum absolute atomic E-state index is 0.0222. The van der Waals surface area contributed by atoms with Crippen molar-refractivity contribution in [3.05, 3.63) is 17.8 Å². The van der Waals surface area contributed by atoms with Crippen LogP contribution in [-0.4, -0.2) is 60.7 Å². The van der Waals surface area contributed by atoms with Crippen molar-refractivity contribution in [3.8, 4) is 11.6 Å². The molecule has 4 N–H and O–H groups in total. The molecule has 2 fully saturated rings. The van der Waals surface area contributed by atoms with Crippen LogP contribution in [0.2, 0.25) is 0 Å². The van der Waals surface area contributed by atoms with Crippen molar-refractivity contribution in [2.75, 3.05) is 26.7 Å². The number of aromatic nitrogens is 1. The molecule has 0 unspecified atom stereocenters. The molecule has 7 heteroatoms. The number of pyridine rings is 1. The van der Waals surface area contributed by atoms with Gasteiger partial charge in [0.2, 0.25) is 5.88 Å². The predicted octanol–water partition coefficient (Wildman–Crippen LogP) is 1.36. The third kappa shape index (κ3) is 4.61. The van der Waals surface area contributed by atoms with Crippen LogP contribution in [-0.2, 0) is 0 Å². The maximum absolute atomic E-state index is 7.72. The zero-order chi connectivity index (χ0) is 17.8. The molecule has 2 atom stereocenters. The molecule has 1 aromatic rings. The van der Waals surface area contributed by atoms with Crippen molar-refractivity contribution in [2.45, 2.75) is 50.9 Å². The number of rotatable bonds is 6. The first-order valence-electron chi connectivity index (χ1n) is 9.13. The topological polar surface area (TPSA) is 96.5 Å². The highest BCUT2D eigenvalue weighted by Crippen LogP contribution is 2.26. The Bertz CT molecular complexity index is 603. The summed E-state index contributed by atoms with van der Waals surface area (Å²) in [6, 6.07) is 3.93. The minimum atomic E-state index is -0.0775. The van der Waals surface area contributed by atoms with Gasteiger partial charge >= 0.3 is 0 Å². The quantitative estimate of drug-likeness (QED) is 0.531. The van der Waals surface area contributed by atoms with E-state index >= 15 is 0 Å². The van der Waals surface area contributed by atoms with Crippen LogP contribution in [0, 0.1) is 5.41 Å². The number of amidine groups is 1. The van der Waals surface area contributed by atoms with E-state index < -0.39 is 0 Å². The Balaban J connectivity index is 1.74. The van der Waals surface area contributed by atoms with E-state index in [0.717, 1.165) is 38.9 Å². The van der Waals surface area contributed by atoms with Gasteiger partial charge in [0.25, 0.3) is 0 Å². The third-order valence-electron chi connectivity index (χ3n) is 5.07. The van der Waals surface area contributed by atoms with E-state index in [1.165, 1.54) is 6.42 Å². The van der Waals surface area contributed by atoms with Gasteiger partial charge in [0.1, 0.15) is 29.5 Å². The fourth-order valence-corrected chi connectivity index (χ4v) is 3.65. The zero-order valence-corrected chi connectivity index (χ0v) is 15.1. The van der Waals surface area contributed by atoms with Crippen LogP contribution < -0.4 is 20.5 Å². The highest BCUT2D eigenvalue weighted by Gasteiger charge is 2.28. The van der Waals surface area contributed by atoms with E-state index in [1.807, 2.05) is 6.07 Å². The van der Waals surface area contributed by atoms with Gasteiger partial charge in [-0.05, 0) is 59.3 Å². The number of piperidine rings is 1. The summed E-state index contributed by atoms with van der Waals surface area (Å²) in [5, 5.41) is 11.0. The molecule has 138 valence electrons. The highest BCUT2D eigenvalue weighted by atomic mass is 16.5. The van der Waals surface area contributed by atoms with Crippen LogP contribution in [0.4, 0.5) is 0 Å². The summed E-state index contributed by atoms with van der Waals surface area (Å²) in [5.41, 5.74) is 6.05. The van der Waals surface area contributed by atoms with Crippen LogP contribution in [0.5, 0.6) is 11.6 Å². The Morgan fingerprint density at radius 3 is 2.76 bits per heavy atom. The number of nitrogens with two attached hydrogens (primary N) is 1. The van der Waals surface area contributed by atoms with Crippen LogP contribution >= 0.6 is 0 Å². The smallest absolute Gasteiger partial charge is 0.217 e. The van der Waals surface area contributed by atoms with Crippen LogP contribution in [0.25, 0.3) is 0 Å². The zero-order valence-electron chi connectivity index (χ0n) is 15.1. The van der Waals surface area contributed by atoms with Gasteiger partial charge < -0.3 is 20.5 Å². The van der Waals surface area contributed by atoms with E-state index in [-0.39, 0.29) is 18.0 Å². The van der Waals surface area contributed by atoms with Gasteiger partial charge in [0, 0.05) is 18.2 Å². The summed E-state index contributed by atoms with van der Waals surface area (Å²) in [4.78, 5) is 6.71. The molecule has 2 aliphatic heterocycles. The highest BCUT2D eigenvalue weighted by molar-refractivity contribution is 5.93. The normalized spacial score (nSPS) is 23.4. The second-order valence-corrected chi connectivity index (χ2v) is 7.02. The van der Waals surface area contributed by atoms with Crippen molar-refractivity contribution in [1.29, 1.82) is 5.41 Å². The average molecular weight is 347 g/mol. The number of likely N-dealkylation sites (tertiary alicyclic amines) is 1. The van der Waals surface area contributed by atoms with Crippen LogP contribution in [0.3, 0.4) is 0 Å². The first kappa shape index (κ1) is 17.9. The standard InChI is InChI=1S/C18H29N5O2/c1-12(16-4-3-9-23(16)2)24-17-11-14(10-15(22-17)18(19)20)25-13-5-7-21-8-6-13/h10-13,16,21H,3-9H2,1-2H3,(H3,19,20)/t12-,16-/m0/s1. The molecule has 0 spiro atoms. The number of nitrogen functional groups attached to an aromatic ring is 1. The number of ether oxygens (including phenoxy) is 2. The lowest BCUT2D eigenvalue weighted by Gasteiger charge is -2.27. The second-order valence-electron chi connectivity index (χ2n) is 7.02. The number of hydrogen-bond donors (Lipinski definition) is 3. The van der Waals surface area contributed by atoms with Crippen molar-refractivity contribution < 1.29 is 9.47 Å². The molecular weight excluding hydrogens is 318 g/mol. The molecule has 7 nitrogen and oxygen atoms in total.